The Labute approximate surface area is 202 Å². The minimum atomic E-state index is -0.147. The molecule has 0 radical (unpaired) electrons. The van der Waals surface area contributed by atoms with Crippen LogP contribution >= 0.6 is 0 Å². The van der Waals surface area contributed by atoms with Crippen LogP contribution in [-0.4, -0.2) is 21.7 Å². The molecule has 0 aromatic heterocycles. The molecule has 2 N–H and O–H groups in total. The Bertz CT molecular complexity index is 969. The van der Waals surface area contributed by atoms with E-state index >= 15 is 0 Å². The average Bonchev–Trinajstić information content (AvgIpc) is 2.63. The predicted molar refractivity (Wildman–Crippen MR) is 141 cm³/mol. The van der Waals surface area contributed by atoms with Gasteiger partial charge in [0.1, 0.15) is 11.5 Å². The molecule has 0 aliphatic carbocycles. The van der Waals surface area contributed by atoms with Crippen molar-refractivity contribution in [3.05, 3.63) is 57.6 Å². The van der Waals surface area contributed by atoms with Crippen molar-refractivity contribution in [3.8, 4) is 11.5 Å². The van der Waals surface area contributed by atoms with Gasteiger partial charge in [-0.1, -0.05) is 99.1 Å². The third kappa shape index (κ3) is 6.76. The van der Waals surface area contributed by atoms with Gasteiger partial charge in [0.05, 0.1) is 0 Å². The van der Waals surface area contributed by atoms with Crippen molar-refractivity contribution in [1.29, 1.82) is 0 Å². The molecule has 0 spiro atoms. The van der Waals surface area contributed by atoms with E-state index in [4.69, 9.17) is 0 Å². The molecule has 0 heterocycles. The van der Waals surface area contributed by atoms with Crippen LogP contribution in [0.15, 0.2) is 24.3 Å². The molecule has 0 fully saturated rings. The van der Waals surface area contributed by atoms with E-state index in [2.05, 4.69) is 105 Å². The van der Waals surface area contributed by atoms with Crippen molar-refractivity contribution < 1.29 is 10.2 Å². The van der Waals surface area contributed by atoms with Crippen molar-refractivity contribution in [3.63, 3.8) is 0 Å². The number of hydrogen-bond donors (Lipinski definition) is 2. The zero-order chi connectivity index (χ0) is 25.4. The predicted octanol–water partition coefficient (Wildman–Crippen LogP) is 7.71. The Morgan fingerprint density at radius 1 is 0.667 bits per heavy atom. The van der Waals surface area contributed by atoms with Gasteiger partial charge in [-0.25, -0.2) is 0 Å². The van der Waals surface area contributed by atoms with Crippen LogP contribution in [0.25, 0.3) is 0 Å². The molecule has 0 bridgehead atoms. The Morgan fingerprint density at radius 2 is 1.12 bits per heavy atom. The zero-order valence-corrected chi connectivity index (χ0v) is 23.0. The first-order valence-corrected chi connectivity index (χ1v) is 12.4. The van der Waals surface area contributed by atoms with Crippen molar-refractivity contribution in [2.24, 2.45) is 0 Å². The quantitative estimate of drug-likeness (QED) is 0.471. The van der Waals surface area contributed by atoms with Gasteiger partial charge in [0.15, 0.2) is 0 Å². The summed E-state index contributed by atoms with van der Waals surface area (Å²) in [5, 5.41) is 22.4. The lowest BCUT2D eigenvalue weighted by Crippen LogP contribution is -2.25. The Hall–Kier alpha value is -2.00. The topological polar surface area (TPSA) is 43.7 Å². The van der Waals surface area contributed by atoms with Gasteiger partial charge < -0.3 is 10.2 Å². The van der Waals surface area contributed by atoms with Crippen LogP contribution in [0.3, 0.4) is 0 Å². The summed E-state index contributed by atoms with van der Waals surface area (Å²) in [6.45, 7) is 26.0. The molecule has 0 unspecified atom stereocenters. The molecule has 184 valence electrons. The number of rotatable bonds is 6. The zero-order valence-electron chi connectivity index (χ0n) is 23.0. The van der Waals surface area contributed by atoms with Crippen LogP contribution in [0.5, 0.6) is 11.5 Å². The molecule has 2 rings (SSSR count). The third-order valence-electron chi connectivity index (χ3n) is 6.33. The van der Waals surface area contributed by atoms with Gasteiger partial charge in [-0.15, -0.1) is 0 Å². The molecule has 0 atom stereocenters. The average molecular weight is 454 g/mol. The molecule has 0 amide bonds. The molecule has 2 aromatic rings. The summed E-state index contributed by atoms with van der Waals surface area (Å²) < 4.78 is 0. The largest absolute Gasteiger partial charge is 0.507 e. The van der Waals surface area contributed by atoms with Crippen LogP contribution in [0.4, 0.5) is 0 Å². The highest BCUT2D eigenvalue weighted by molar-refractivity contribution is 5.49. The first-order chi connectivity index (χ1) is 14.9. The highest BCUT2D eigenvalue weighted by atomic mass is 16.3. The van der Waals surface area contributed by atoms with Crippen LogP contribution in [0.2, 0.25) is 0 Å². The highest BCUT2D eigenvalue weighted by Gasteiger charge is 2.26. The number of aromatic hydroxyl groups is 2. The van der Waals surface area contributed by atoms with Gasteiger partial charge >= 0.3 is 0 Å². The molecule has 2 aromatic carbocycles. The van der Waals surface area contributed by atoms with E-state index in [1.165, 1.54) is 5.56 Å². The maximum absolute atomic E-state index is 11.3. The highest BCUT2D eigenvalue weighted by Crippen LogP contribution is 2.39. The van der Waals surface area contributed by atoms with Gasteiger partial charge in [0.25, 0.3) is 0 Å². The number of hydrogen-bond acceptors (Lipinski definition) is 3. The number of phenolic OH excluding ortho intramolecular Hbond substituents is 2. The van der Waals surface area contributed by atoms with Gasteiger partial charge in [0.2, 0.25) is 0 Å². The van der Waals surface area contributed by atoms with E-state index in [9.17, 15) is 10.2 Å². The lowest BCUT2D eigenvalue weighted by Gasteiger charge is -2.30. The normalized spacial score (nSPS) is 13.1. The number of phenols is 2. The summed E-state index contributed by atoms with van der Waals surface area (Å²) in [6, 6.07) is 8.53. The fourth-order valence-corrected chi connectivity index (χ4v) is 4.38. The standard InChI is InChI=1S/C30H47NO2/c1-12-13-31(18-21-14-20(2)15-24(26(21)32)29(6,7)8)19-22-16-23(28(3,4)5)17-25(27(22)33)30(9,10)11/h14-17,32-33H,12-13,18-19H2,1-11H3. The van der Waals surface area contributed by atoms with Gasteiger partial charge in [-0.3, -0.25) is 4.90 Å². The SMILES string of the molecule is CCCN(Cc1cc(C)cc(C(C)(C)C)c1O)Cc1cc(C(C)(C)C)cc(C(C)(C)C)c1O. The summed E-state index contributed by atoms with van der Waals surface area (Å²) in [5.74, 6) is 0.803. The minimum absolute atomic E-state index is 0.00550. The first kappa shape index (κ1) is 27.2. The maximum atomic E-state index is 11.3. The first-order valence-electron chi connectivity index (χ1n) is 12.4. The molecule has 0 aliphatic heterocycles. The van der Waals surface area contributed by atoms with E-state index in [1.807, 2.05) is 0 Å². The van der Waals surface area contributed by atoms with E-state index in [0.29, 0.717) is 24.6 Å². The Kier molecular flexibility index (Phi) is 8.01. The van der Waals surface area contributed by atoms with E-state index in [-0.39, 0.29) is 16.2 Å². The molecule has 0 saturated carbocycles. The summed E-state index contributed by atoms with van der Waals surface area (Å²) >= 11 is 0. The smallest absolute Gasteiger partial charge is 0.123 e. The van der Waals surface area contributed by atoms with Gasteiger partial charge in [0, 0.05) is 24.2 Å². The summed E-state index contributed by atoms with van der Waals surface area (Å²) in [5.41, 5.74) is 6.03. The number of aryl methyl sites for hydroxylation is 1. The van der Waals surface area contributed by atoms with Crippen molar-refractivity contribution in [1.82, 2.24) is 4.90 Å². The van der Waals surface area contributed by atoms with Crippen LogP contribution in [0, 0.1) is 6.92 Å². The monoisotopic (exact) mass is 453 g/mol. The fraction of sp³-hybridized carbons (Fsp3) is 0.600. The van der Waals surface area contributed by atoms with Crippen LogP contribution in [-0.2, 0) is 29.3 Å². The summed E-state index contributed by atoms with van der Waals surface area (Å²) in [4.78, 5) is 2.34. The number of nitrogens with zero attached hydrogens (tertiary/aromatic N) is 1. The van der Waals surface area contributed by atoms with Crippen LogP contribution < -0.4 is 0 Å². The fourth-order valence-electron chi connectivity index (χ4n) is 4.38. The molecule has 3 heteroatoms. The van der Waals surface area contributed by atoms with Crippen molar-refractivity contribution >= 4 is 0 Å². The number of benzene rings is 2. The molecule has 0 saturated heterocycles. The summed E-state index contributed by atoms with van der Waals surface area (Å²) in [6.07, 6.45) is 1.00. The van der Waals surface area contributed by atoms with E-state index in [1.54, 1.807) is 0 Å². The Morgan fingerprint density at radius 3 is 1.55 bits per heavy atom. The summed E-state index contributed by atoms with van der Waals surface area (Å²) in [7, 11) is 0. The second-order valence-corrected chi connectivity index (χ2v) is 12.8. The maximum Gasteiger partial charge on any atom is 0.123 e. The van der Waals surface area contributed by atoms with Crippen LogP contribution in [0.1, 0.15) is 109 Å². The van der Waals surface area contributed by atoms with E-state index < -0.39 is 0 Å². The second kappa shape index (κ2) is 9.70. The van der Waals surface area contributed by atoms with Gasteiger partial charge in [-0.05, 0) is 52.8 Å². The molecular weight excluding hydrogens is 406 g/mol. The molecule has 3 nitrogen and oxygen atoms in total. The lowest BCUT2D eigenvalue weighted by atomic mass is 9.79. The van der Waals surface area contributed by atoms with Gasteiger partial charge in [-0.2, -0.15) is 0 Å². The molecule has 0 aliphatic rings. The molecular formula is C30H47NO2. The molecule has 33 heavy (non-hydrogen) atoms. The Balaban J connectivity index is 2.53. The third-order valence-corrected chi connectivity index (χ3v) is 6.33. The lowest BCUT2D eigenvalue weighted by molar-refractivity contribution is 0.249. The van der Waals surface area contributed by atoms with Crippen molar-refractivity contribution in [2.75, 3.05) is 6.54 Å². The minimum Gasteiger partial charge on any atom is -0.507 e. The van der Waals surface area contributed by atoms with E-state index in [0.717, 1.165) is 40.8 Å². The second-order valence-electron chi connectivity index (χ2n) is 12.8. The van der Waals surface area contributed by atoms with Crippen molar-refractivity contribution in [2.45, 2.75) is 112 Å².